The van der Waals surface area contributed by atoms with Crippen LogP contribution in [0.5, 0.6) is 0 Å². The first-order valence-electron chi connectivity index (χ1n) is 4.71. The summed E-state index contributed by atoms with van der Waals surface area (Å²) in [5, 5.41) is 18.0. The first-order valence-corrected chi connectivity index (χ1v) is 4.71. The molecular weight excluding hydrogens is 174 g/mol. The van der Waals surface area contributed by atoms with Crippen LogP contribution in [0.4, 0.5) is 0 Å². The minimum Gasteiger partial charge on any atom is -0.260 e. The Morgan fingerprint density at radius 2 is 2.00 bits per heavy atom. The molecule has 0 aromatic rings. The van der Waals surface area contributed by atoms with Gasteiger partial charge in [-0.1, -0.05) is 6.92 Å². The number of rotatable bonds is 1. The largest absolute Gasteiger partial charge is 0.260 e. The molecule has 1 aliphatic rings. The van der Waals surface area contributed by atoms with Gasteiger partial charge in [-0.15, -0.1) is 0 Å². The van der Waals surface area contributed by atoms with Crippen LogP contribution in [-0.4, -0.2) is 5.71 Å². The van der Waals surface area contributed by atoms with Crippen molar-refractivity contribution in [2.24, 2.45) is 16.8 Å². The molecule has 0 saturated carbocycles. The Kier molecular flexibility index (Phi) is 3.04. The van der Waals surface area contributed by atoms with E-state index >= 15 is 0 Å². The zero-order chi connectivity index (χ0) is 10.7. The molecule has 0 bridgehead atoms. The summed E-state index contributed by atoms with van der Waals surface area (Å²) in [6.45, 7) is 5.69. The first kappa shape index (κ1) is 10.5. The maximum Gasteiger partial charge on any atom is 0.0969 e. The van der Waals surface area contributed by atoms with Gasteiger partial charge >= 0.3 is 0 Å². The van der Waals surface area contributed by atoms with E-state index in [0.29, 0.717) is 5.57 Å². The minimum atomic E-state index is -0.224. The number of nitriles is 2. The van der Waals surface area contributed by atoms with Gasteiger partial charge in [0, 0.05) is 11.6 Å². The zero-order valence-corrected chi connectivity index (χ0v) is 8.70. The fraction of sp³-hybridized carbons (Fsp3) is 0.545. The van der Waals surface area contributed by atoms with Gasteiger partial charge in [0.25, 0.3) is 0 Å². The SMILES string of the molecule is CCC1C(C#N)=C(C)N=C(C)C1C#N. The van der Waals surface area contributed by atoms with Gasteiger partial charge in [0.1, 0.15) is 0 Å². The Hall–Kier alpha value is -1.61. The molecule has 0 aliphatic carbocycles. The highest BCUT2D eigenvalue weighted by Crippen LogP contribution is 2.31. The van der Waals surface area contributed by atoms with E-state index in [9.17, 15) is 0 Å². The lowest BCUT2D eigenvalue weighted by Gasteiger charge is -2.24. The molecule has 1 aliphatic heterocycles. The molecule has 2 atom stereocenters. The van der Waals surface area contributed by atoms with Gasteiger partial charge < -0.3 is 0 Å². The first-order chi connectivity index (χ1) is 6.65. The molecule has 0 spiro atoms. The van der Waals surface area contributed by atoms with Crippen LogP contribution in [0.25, 0.3) is 0 Å². The summed E-state index contributed by atoms with van der Waals surface area (Å²) in [7, 11) is 0. The molecule has 0 fully saturated rings. The molecule has 1 heterocycles. The summed E-state index contributed by atoms with van der Waals surface area (Å²) in [6.07, 6.45) is 0.811. The van der Waals surface area contributed by atoms with Crippen LogP contribution in [0.15, 0.2) is 16.3 Å². The van der Waals surface area contributed by atoms with Crippen LogP contribution in [0.3, 0.4) is 0 Å². The van der Waals surface area contributed by atoms with E-state index in [1.165, 1.54) is 0 Å². The highest BCUT2D eigenvalue weighted by molar-refractivity contribution is 5.89. The van der Waals surface area contributed by atoms with Crippen molar-refractivity contribution in [3.63, 3.8) is 0 Å². The highest BCUT2D eigenvalue weighted by Gasteiger charge is 2.30. The molecule has 72 valence electrons. The van der Waals surface area contributed by atoms with Crippen molar-refractivity contribution in [1.29, 1.82) is 10.5 Å². The quantitative estimate of drug-likeness (QED) is 0.633. The number of nitrogens with zero attached hydrogens (tertiary/aromatic N) is 3. The fourth-order valence-electron chi connectivity index (χ4n) is 1.91. The molecule has 0 amide bonds. The van der Waals surface area contributed by atoms with E-state index in [-0.39, 0.29) is 11.8 Å². The van der Waals surface area contributed by atoms with Crippen molar-refractivity contribution in [2.75, 3.05) is 0 Å². The van der Waals surface area contributed by atoms with Crippen molar-refractivity contribution in [3.8, 4) is 12.1 Å². The second-order valence-electron chi connectivity index (χ2n) is 3.49. The van der Waals surface area contributed by atoms with E-state index in [4.69, 9.17) is 10.5 Å². The summed E-state index contributed by atoms with van der Waals surface area (Å²) >= 11 is 0. The molecule has 0 aromatic carbocycles. The van der Waals surface area contributed by atoms with Crippen LogP contribution >= 0.6 is 0 Å². The van der Waals surface area contributed by atoms with E-state index in [2.05, 4.69) is 17.1 Å². The maximum absolute atomic E-state index is 9.00. The van der Waals surface area contributed by atoms with Gasteiger partial charge in [0.2, 0.25) is 0 Å². The highest BCUT2D eigenvalue weighted by atomic mass is 14.8. The Morgan fingerprint density at radius 3 is 2.43 bits per heavy atom. The smallest absolute Gasteiger partial charge is 0.0969 e. The molecule has 0 saturated heterocycles. The minimum absolute atomic E-state index is 0.0301. The second kappa shape index (κ2) is 4.07. The Balaban J connectivity index is 3.21. The van der Waals surface area contributed by atoms with Gasteiger partial charge in [-0.3, -0.25) is 4.99 Å². The third-order valence-corrected chi connectivity index (χ3v) is 2.66. The van der Waals surface area contributed by atoms with E-state index in [0.717, 1.165) is 17.8 Å². The average molecular weight is 187 g/mol. The molecule has 0 aromatic heterocycles. The van der Waals surface area contributed by atoms with Crippen LogP contribution in [0.1, 0.15) is 27.2 Å². The lowest BCUT2D eigenvalue weighted by Crippen LogP contribution is -2.25. The lowest BCUT2D eigenvalue weighted by molar-refractivity contribution is 0.536. The second-order valence-corrected chi connectivity index (χ2v) is 3.49. The van der Waals surface area contributed by atoms with E-state index in [1.54, 1.807) is 0 Å². The molecule has 14 heavy (non-hydrogen) atoms. The van der Waals surface area contributed by atoms with Gasteiger partial charge in [-0.2, -0.15) is 10.5 Å². The number of aliphatic imine (C=N–C) groups is 1. The predicted octanol–water partition coefficient (Wildman–Crippen LogP) is 2.42. The summed E-state index contributed by atoms with van der Waals surface area (Å²) < 4.78 is 0. The van der Waals surface area contributed by atoms with Gasteiger partial charge in [-0.05, 0) is 20.3 Å². The van der Waals surface area contributed by atoms with Crippen molar-refractivity contribution in [1.82, 2.24) is 0 Å². The summed E-state index contributed by atoms with van der Waals surface area (Å²) in [5.74, 6) is -0.194. The third-order valence-electron chi connectivity index (χ3n) is 2.66. The van der Waals surface area contributed by atoms with Crippen LogP contribution in [-0.2, 0) is 0 Å². The van der Waals surface area contributed by atoms with Crippen LogP contribution in [0, 0.1) is 34.5 Å². The average Bonchev–Trinajstić information content (AvgIpc) is 2.16. The Morgan fingerprint density at radius 1 is 1.36 bits per heavy atom. The van der Waals surface area contributed by atoms with Crippen molar-refractivity contribution in [3.05, 3.63) is 11.3 Å². The van der Waals surface area contributed by atoms with Crippen molar-refractivity contribution in [2.45, 2.75) is 27.2 Å². The monoisotopic (exact) mass is 187 g/mol. The molecule has 1 rings (SSSR count). The van der Waals surface area contributed by atoms with Crippen LogP contribution in [0.2, 0.25) is 0 Å². The Bertz CT molecular complexity index is 376. The van der Waals surface area contributed by atoms with Crippen molar-refractivity contribution < 1.29 is 0 Å². The van der Waals surface area contributed by atoms with Gasteiger partial charge in [-0.25, -0.2) is 0 Å². The normalized spacial score (nSPS) is 26.5. The summed E-state index contributed by atoms with van der Waals surface area (Å²) in [5.41, 5.74) is 2.27. The molecule has 0 N–H and O–H groups in total. The maximum atomic E-state index is 9.00. The molecule has 3 nitrogen and oxygen atoms in total. The predicted molar refractivity (Wildman–Crippen MR) is 54.3 cm³/mol. The third kappa shape index (κ3) is 1.54. The van der Waals surface area contributed by atoms with E-state index < -0.39 is 0 Å². The topological polar surface area (TPSA) is 59.9 Å². The number of hydrogen-bond acceptors (Lipinski definition) is 3. The fourth-order valence-corrected chi connectivity index (χ4v) is 1.91. The number of allylic oxidation sites excluding steroid dienone is 2. The van der Waals surface area contributed by atoms with E-state index in [1.807, 2.05) is 20.8 Å². The van der Waals surface area contributed by atoms with Crippen LogP contribution < -0.4 is 0 Å². The summed E-state index contributed by atoms with van der Waals surface area (Å²) in [4.78, 5) is 4.24. The molecule has 3 heteroatoms. The standard InChI is InChI=1S/C11H13N3/c1-4-9-10(5-12)7(2)14-8(3)11(9)6-13/h9-10H,4H2,1-3H3. The number of hydrogen-bond donors (Lipinski definition) is 0. The molecule has 0 radical (unpaired) electrons. The molecule has 2 unspecified atom stereocenters. The van der Waals surface area contributed by atoms with Gasteiger partial charge in [0.05, 0.1) is 29.3 Å². The van der Waals surface area contributed by atoms with Gasteiger partial charge in [0.15, 0.2) is 0 Å². The Labute approximate surface area is 84.4 Å². The summed E-state index contributed by atoms with van der Waals surface area (Å²) in [6, 6.07) is 4.38. The van der Waals surface area contributed by atoms with Crippen molar-refractivity contribution >= 4 is 5.71 Å². The lowest BCUT2D eigenvalue weighted by atomic mass is 9.80. The zero-order valence-electron chi connectivity index (χ0n) is 8.70. The molecular formula is C11H13N3.